The van der Waals surface area contributed by atoms with Crippen LogP contribution in [0.4, 0.5) is 5.69 Å². The van der Waals surface area contributed by atoms with Gasteiger partial charge in [-0.2, -0.15) is 4.31 Å². The molecule has 0 spiro atoms. The molecule has 2 unspecified atom stereocenters. The van der Waals surface area contributed by atoms with Crippen molar-refractivity contribution in [2.45, 2.75) is 25.2 Å². The second-order valence-electron chi connectivity index (χ2n) is 7.23. The fourth-order valence-corrected chi connectivity index (χ4v) is 5.55. The largest absolute Gasteiger partial charge is 0.321 e. The van der Waals surface area contributed by atoms with E-state index < -0.39 is 10.0 Å². The van der Waals surface area contributed by atoms with Gasteiger partial charge in [0.1, 0.15) is 0 Å². The van der Waals surface area contributed by atoms with Crippen LogP contribution in [0.3, 0.4) is 0 Å². The molecular formula is C20H23BrN2O3S. The molecule has 0 radical (unpaired) electrons. The Bertz CT molecular complexity index is 918. The van der Waals surface area contributed by atoms with Crippen molar-refractivity contribution in [2.75, 3.05) is 18.4 Å². The zero-order valence-corrected chi connectivity index (χ0v) is 17.8. The number of amides is 1. The second kappa shape index (κ2) is 8.12. The Hall–Kier alpha value is -1.70. The fourth-order valence-electron chi connectivity index (χ4n) is 3.49. The molecular weight excluding hydrogens is 428 g/mol. The van der Waals surface area contributed by atoms with Gasteiger partial charge in [-0.1, -0.05) is 26.0 Å². The minimum atomic E-state index is -3.54. The standard InChI is InChI=1S/C20H23BrN2O3S/c1-14-11-15(2)13-23(12-14)27(25,26)17-9-7-16(8-10-17)20(24)22-19-6-4-3-5-18(19)21/h3-10,14-15H,11-13H2,1-2H3,(H,22,24). The Morgan fingerprint density at radius 3 is 2.22 bits per heavy atom. The number of para-hydroxylation sites is 1. The lowest BCUT2D eigenvalue weighted by atomic mass is 9.94. The Morgan fingerprint density at radius 2 is 1.63 bits per heavy atom. The summed E-state index contributed by atoms with van der Waals surface area (Å²) in [4.78, 5) is 12.6. The van der Waals surface area contributed by atoms with E-state index in [2.05, 4.69) is 35.1 Å². The van der Waals surface area contributed by atoms with Crippen LogP contribution in [0.5, 0.6) is 0 Å². The molecule has 0 aliphatic carbocycles. The molecule has 2 aromatic carbocycles. The van der Waals surface area contributed by atoms with E-state index in [1.807, 2.05) is 18.2 Å². The van der Waals surface area contributed by atoms with Crippen LogP contribution in [0.15, 0.2) is 57.9 Å². The van der Waals surface area contributed by atoms with Gasteiger partial charge in [0, 0.05) is 23.1 Å². The quantitative estimate of drug-likeness (QED) is 0.751. The number of rotatable bonds is 4. The van der Waals surface area contributed by atoms with Crippen molar-refractivity contribution in [1.82, 2.24) is 4.31 Å². The summed E-state index contributed by atoms with van der Waals surface area (Å²) in [7, 11) is -3.54. The number of nitrogens with zero attached hydrogens (tertiary/aromatic N) is 1. The van der Waals surface area contributed by atoms with Crippen molar-refractivity contribution in [3.05, 3.63) is 58.6 Å². The molecule has 5 nitrogen and oxygen atoms in total. The van der Waals surface area contributed by atoms with Crippen molar-refractivity contribution in [3.63, 3.8) is 0 Å². The molecule has 0 aromatic heterocycles. The maximum Gasteiger partial charge on any atom is 0.255 e. The third-order valence-electron chi connectivity index (χ3n) is 4.71. The number of benzene rings is 2. The Balaban J connectivity index is 1.76. The van der Waals surface area contributed by atoms with E-state index in [1.165, 1.54) is 12.1 Å². The van der Waals surface area contributed by atoms with Crippen LogP contribution >= 0.6 is 15.9 Å². The number of nitrogens with one attached hydrogen (secondary N) is 1. The Labute approximate surface area is 169 Å². The predicted octanol–water partition coefficient (Wildman–Crippen LogP) is 4.37. The van der Waals surface area contributed by atoms with E-state index in [4.69, 9.17) is 0 Å². The van der Waals surface area contributed by atoms with Gasteiger partial charge in [0.15, 0.2) is 0 Å². The average molecular weight is 451 g/mol. The van der Waals surface area contributed by atoms with Crippen molar-refractivity contribution in [2.24, 2.45) is 11.8 Å². The average Bonchev–Trinajstić information content (AvgIpc) is 2.63. The smallest absolute Gasteiger partial charge is 0.255 e. The summed E-state index contributed by atoms with van der Waals surface area (Å²) >= 11 is 3.39. The molecule has 1 saturated heterocycles. The summed E-state index contributed by atoms with van der Waals surface area (Å²) < 4.78 is 28.2. The lowest BCUT2D eigenvalue weighted by molar-refractivity contribution is 0.102. The van der Waals surface area contributed by atoms with Crippen molar-refractivity contribution < 1.29 is 13.2 Å². The molecule has 3 rings (SSSR count). The number of hydrogen-bond acceptors (Lipinski definition) is 3. The lowest BCUT2D eigenvalue weighted by Crippen LogP contribution is -2.42. The number of carbonyl (C=O) groups excluding carboxylic acids is 1. The van der Waals surface area contributed by atoms with Gasteiger partial charge < -0.3 is 5.32 Å². The van der Waals surface area contributed by atoms with Gasteiger partial charge in [-0.25, -0.2) is 8.42 Å². The zero-order valence-electron chi connectivity index (χ0n) is 15.4. The predicted molar refractivity (Wildman–Crippen MR) is 110 cm³/mol. The molecule has 2 atom stereocenters. The number of carbonyl (C=O) groups is 1. The number of anilines is 1. The number of hydrogen-bond donors (Lipinski definition) is 1. The maximum absolute atomic E-state index is 12.9. The van der Waals surface area contributed by atoms with Crippen LogP contribution in [-0.2, 0) is 10.0 Å². The van der Waals surface area contributed by atoms with Crippen molar-refractivity contribution in [1.29, 1.82) is 0 Å². The summed E-state index contributed by atoms with van der Waals surface area (Å²) in [5.74, 6) is 0.404. The minimum Gasteiger partial charge on any atom is -0.321 e. The third-order valence-corrected chi connectivity index (χ3v) is 7.25. The number of piperidine rings is 1. The Kier molecular flexibility index (Phi) is 6.03. The maximum atomic E-state index is 12.9. The van der Waals surface area contributed by atoms with Crippen LogP contribution < -0.4 is 5.32 Å². The lowest BCUT2D eigenvalue weighted by Gasteiger charge is -2.34. The molecule has 144 valence electrons. The van der Waals surface area contributed by atoms with E-state index in [9.17, 15) is 13.2 Å². The summed E-state index contributed by atoms with van der Waals surface area (Å²) in [5, 5.41) is 2.81. The highest BCUT2D eigenvalue weighted by molar-refractivity contribution is 9.10. The van der Waals surface area contributed by atoms with Crippen LogP contribution in [0, 0.1) is 11.8 Å². The molecule has 0 saturated carbocycles. The summed E-state index contributed by atoms with van der Waals surface area (Å²) in [6, 6.07) is 13.4. The summed E-state index contributed by atoms with van der Waals surface area (Å²) in [5.41, 5.74) is 1.07. The van der Waals surface area contributed by atoms with Gasteiger partial charge >= 0.3 is 0 Å². The zero-order chi connectivity index (χ0) is 19.6. The van der Waals surface area contributed by atoms with Crippen LogP contribution in [-0.4, -0.2) is 31.7 Å². The SMILES string of the molecule is CC1CC(C)CN(S(=O)(=O)c2ccc(C(=O)Nc3ccccc3Br)cc2)C1. The fraction of sp³-hybridized carbons (Fsp3) is 0.350. The van der Waals surface area contributed by atoms with Gasteiger partial charge in [-0.3, -0.25) is 4.79 Å². The molecule has 0 bridgehead atoms. The molecule has 1 heterocycles. The van der Waals surface area contributed by atoms with Gasteiger partial charge in [-0.15, -0.1) is 0 Å². The van der Waals surface area contributed by atoms with E-state index >= 15 is 0 Å². The first kappa shape index (κ1) is 20.0. The van der Waals surface area contributed by atoms with Gasteiger partial charge in [0.25, 0.3) is 5.91 Å². The van der Waals surface area contributed by atoms with Crippen LogP contribution in [0.1, 0.15) is 30.6 Å². The topological polar surface area (TPSA) is 66.5 Å². The van der Waals surface area contributed by atoms with E-state index in [0.717, 1.165) is 10.9 Å². The first-order valence-electron chi connectivity index (χ1n) is 8.93. The first-order valence-corrected chi connectivity index (χ1v) is 11.2. The van der Waals surface area contributed by atoms with Gasteiger partial charge in [-0.05, 0) is 70.6 Å². The molecule has 1 fully saturated rings. The summed E-state index contributed by atoms with van der Waals surface area (Å²) in [6.45, 7) is 5.23. The van der Waals surface area contributed by atoms with E-state index in [0.29, 0.717) is 36.2 Å². The molecule has 1 aliphatic heterocycles. The highest BCUT2D eigenvalue weighted by atomic mass is 79.9. The van der Waals surface area contributed by atoms with Crippen LogP contribution in [0.2, 0.25) is 0 Å². The highest BCUT2D eigenvalue weighted by Gasteiger charge is 2.31. The molecule has 2 aromatic rings. The van der Waals surface area contributed by atoms with Gasteiger partial charge in [0.2, 0.25) is 10.0 Å². The van der Waals surface area contributed by atoms with Crippen LogP contribution in [0.25, 0.3) is 0 Å². The van der Waals surface area contributed by atoms with Crippen molar-refractivity contribution >= 4 is 37.5 Å². The summed E-state index contributed by atoms with van der Waals surface area (Å²) in [6.07, 6.45) is 1.04. The third kappa shape index (κ3) is 4.59. The number of halogens is 1. The van der Waals surface area contributed by atoms with Gasteiger partial charge in [0.05, 0.1) is 10.6 Å². The molecule has 1 aliphatic rings. The second-order valence-corrected chi connectivity index (χ2v) is 10.0. The van der Waals surface area contributed by atoms with Crippen molar-refractivity contribution in [3.8, 4) is 0 Å². The van der Waals surface area contributed by atoms with E-state index in [-0.39, 0.29) is 10.8 Å². The molecule has 27 heavy (non-hydrogen) atoms. The Morgan fingerprint density at radius 1 is 1.04 bits per heavy atom. The highest BCUT2D eigenvalue weighted by Crippen LogP contribution is 2.27. The number of sulfonamides is 1. The first-order chi connectivity index (χ1) is 12.8. The van der Waals surface area contributed by atoms with E-state index in [1.54, 1.807) is 22.5 Å². The molecule has 1 N–H and O–H groups in total. The molecule has 1 amide bonds. The minimum absolute atomic E-state index is 0.223. The molecule has 7 heteroatoms. The monoisotopic (exact) mass is 450 g/mol. The normalized spacial score (nSPS) is 21.0.